The highest BCUT2D eigenvalue weighted by Crippen LogP contribution is 2.38. The molecule has 2 rings (SSSR count). The van der Waals surface area contributed by atoms with Crippen LogP contribution in [0.15, 0.2) is 0 Å². The van der Waals surface area contributed by atoms with E-state index >= 15 is 0 Å². The quantitative estimate of drug-likeness (QED) is 0.704. The number of hydrogen-bond acceptors (Lipinski definition) is 4. The molecule has 104 valence electrons. The predicted molar refractivity (Wildman–Crippen MR) is 69.9 cm³/mol. The summed E-state index contributed by atoms with van der Waals surface area (Å²) in [6.07, 6.45) is 5.80. The maximum atomic E-state index is 11.6. The molecule has 2 unspecified atom stereocenters. The number of ether oxygens (including phenoxy) is 1. The van der Waals surface area contributed by atoms with Crippen LogP contribution in [0.3, 0.4) is 0 Å². The van der Waals surface area contributed by atoms with Crippen molar-refractivity contribution in [2.24, 2.45) is 17.4 Å². The van der Waals surface area contributed by atoms with Gasteiger partial charge in [-0.2, -0.15) is 0 Å². The zero-order valence-corrected chi connectivity index (χ0v) is 11.2. The van der Waals surface area contributed by atoms with E-state index < -0.39 is 5.54 Å². The number of primary amides is 1. The molecule has 0 radical (unpaired) electrons. The third-order valence-corrected chi connectivity index (χ3v) is 4.09. The van der Waals surface area contributed by atoms with E-state index in [4.69, 9.17) is 16.2 Å². The number of carbonyl (C=O) groups is 1. The van der Waals surface area contributed by atoms with Crippen LogP contribution in [0.2, 0.25) is 0 Å². The second kappa shape index (κ2) is 5.55. The molecule has 5 nitrogen and oxygen atoms in total. The zero-order chi connectivity index (χ0) is 13.2. The Morgan fingerprint density at radius 3 is 2.61 bits per heavy atom. The third kappa shape index (κ3) is 3.22. The molecule has 18 heavy (non-hydrogen) atoms. The highest BCUT2D eigenvalue weighted by molar-refractivity contribution is 5.85. The zero-order valence-electron chi connectivity index (χ0n) is 11.2. The number of hydrogen-bond donors (Lipinski definition) is 2. The fraction of sp³-hybridized carbons (Fsp3) is 0.923. The summed E-state index contributed by atoms with van der Waals surface area (Å²) >= 11 is 0. The standard InChI is InChI=1S/C13H25N3O2/c1-16(8-11-4-2-3-7-18-11)9-13(15,12(14)17)10-5-6-10/h10-11H,2-9,15H2,1H3,(H2,14,17). The Kier molecular flexibility index (Phi) is 4.25. The van der Waals surface area contributed by atoms with Gasteiger partial charge in [0.05, 0.1) is 6.10 Å². The molecule has 0 spiro atoms. The lowest BCUT2D eigenvalue weighted by Gasteiger charge is -2.33. The van der Waals surface area contributed by atoms with Gasteiger partial charge >= 0.3 is 0 Å². The van der Waals surface area contributed by atoms with E-state index in [2.05, 4.69) is 4.90 Å². The molecule has 2 atom stereocenters. The molecule has 0 bridgehead atoms. The molecule has 1 amide bonds. The minimum Gasteiger partial charge on any atom is -0.377 e. The molecule has 1 aliphatic heterocycles. The van der Waals surface area contributed by atoms with Gasteiger partial charge in [-0.05, 0) is 45.1 Å². The molecule has 0 aromatic carbocycles. The minimum atomic E-state index is -0.858. The van der Waals surface area contributed by atoms with Crippen LogP contribution in [0.5, 0.6) is 0 Å². The lowest BCUT2D eigenvalue weighted by Crippen LogP contribution is -2.60. The number of carbonyl (C=O) groups excluding carboxylic acids is 1. The minimum absolute atomic E-state index is 0.268. The topological polar surface area (TPSA) is 81.6 Å². The van der Waals surface area contributed by atoms with E-state index in [-0.39, 0.29) is 17.9 Å². The molecule has 0 aromatic heterocycles. The first-order chi connectivity index (χ1) is 8.52. The molecule has 2 fully saturated rings. The average Bonchev–Trinajstić information content (AvgIpc) is 3.13. The monoisotopic (exact) mass is 255 g/mol. The van der Waals surface area contributed by atoms with Crippen molar-refractivity contribution in [3.8, 4) is 0 Å². The van der Waals surface area contributed by atoms with Crippen LogP contribution >= 0.6 is 0 Å². The largest absolute Gasteiger partial charge is 0.377 e. The van der Waals surface area contributed by atoms with Crippen molar-refractivity contribution in [1.29, 1.82) is 0 Å². The van der Waals surface area contributed by atoms with Gasteiger partial charge in [-0.15, -0.1) is 0 Å². The Bertz CT molecular complexity index is 301. The average molecular weight is 255 g/mol. The van der Waals surface area contributed by atoms with Crippen LogP contribution in [-0.2, 0) is 9.53 Å². The van der Waals surface area contributed by atoms with E-state index in [1.807, 2.05) is 7.05 Å². The van der Waals surface area contributed by atoms with Crippen molar-refractivity contribution < 1.29 is 9.53 Å². The van der Waals surface area contributed by atoms with Crippen LogP contribution in [-0.4, -0.2) is 49.2 Å². The first-order valence-electron chi connectivity index (χ1n) is 6.91. The molecule has 5 heteroatoms. The van der Waals surface area contributed by atoms with Crippen LogP contribution in [0, 0.1) is 5.92 Å². The third-order valence-electron chi connectivity index (χ3n) is 4.09. The number of nitrogens with two attached hydrogens (primary N) is 2. The summed E-state index contributed by atoms with van der Waals surface area (Å²) in [5.74, 6) is -0.105. The van der Waals surface area contributed by atoms with Gasteiger partial charge in [0.2, 0.25) is 5.91 Å². The van der Waals surface area contributed by atoms with Gasteiger partial charge < -0.3 is 21.1 Å². The lowest BCUT2D eigenvalue weighted by atomic mass is 9.93. The molecule has 4 N–H and O–H groups in total. The molecule has 2 aliphatic rings. The summed E-state index contributed by atoms with van der Waals surface area (Å²) in [4.78, 5) is 13.7. The Balaban J connectivity index is 1.84. The van der Waals surface area contributed by atoms with Crippen molar-refractivity contribution in [1.82, 2.24) is 4.90 Å². The number of amides is 1. The van der Waals surface area contributed by atoms with Gasteiger partial charge in [-0.1, -0.05) is 0 Å². The van der Waals surface area contributed by atoms with Crippen molar-refractivity contribution in [2.45, 2.75) is 43.7 Å². The van der Waals surface area contributed by atoms with Crippen molar-refractivity contribution >= 4 is 5.91 Å². The van der Waals surface area contributed by atoms with E-state index in [0.717, 1.165) is 38.8 Å². The number of rotatable bonds is 6. The second-order valence-corrected chi connectivity index (χ2v) is 5.86. The SMILES string of the molecule is CN(CC1CCCCO1)CC(N)(C(N)=O)C1CC1. The van der Waals surface area contributed by atoms with Crippen LogP contribution in [0.4, 0.5) is 0 Å². The Morgan fingerprint density at radius 1 is 1.39 bits per heavy atom. The highest BCUT2D eigenvalue weighted by Gasteiger charge is 2.47. The maximum Gasteiger partial charge on any atom is 0.239 e. The van der Waals surface area contributed by atoms with Crippen molar-refractivity contribution in [2.75, 3.05) is 26.7 Å². The van der Waals surface area contributed by atoms with E-state index in [9.17, 15) is 4.79 Å². The summed E-state index contributed by atoms with van der Waals surface area (Å²) < 4.78 is 5.70. The first-order valence-corrected chi connectivity index (χ1v) is 6.91. The Hall–Kier alpha value is -0.650. The molecule has 1 aliphatic carbocycles. The van der Waals surface area contributed by atoms with Crippen LogP contribution in [0.1, 0.15) is 32.1 Å². The summed E-state index contributed by atoms with van der Waals surface area (Å²) in [5, 5.41) is 0. The van der Waals surface area contributed by atoms with E-state index in [1.54, 1.807) is 0 Å². The van der Waals surface area contributed by atoms with Crippen molar-refractivity contribution in [3.05, 3.63) is 0 Å². The summed E-state index contributed by atoms with van der Waals surface area (Å²) in [6.45, 7) is 2.22. The Morgan fingerprint density at radius 2 is 2.11 bits per heavy atom. The predicted octanol–water partition coefficient (Wildman–Crippen LogP) is 0.0801. The normalized spacial score (nSPS) is 28.1. The number of nitrogens with zero attached hydrogens (tertiary/aromatic N) is 1. The molecule has 1 saturated heterocycles. The summed E-state index contributed by atoms with van der Waals surface area (Å²) in [5.41, 5.74) is 10.8. The summed E-state index contributed by atoms with van der Waals surface area (Å²) in [6, 6.07) is 0. The number of likely N-dealkylation sites (N-methyl/N-ethyl adjacent to an activating group) is 1. The van der Waals surface area contributed by atoms with Gasteiger partial charge in [0.15, 0.2) is 0 Å². The van der Waals surface area contributed by atoms with Gasteiger partial charge in [-0.3, -0.25) is 4.79 Å². The fourth-order valence-electron chi connectivity index (χ4n) is 2.82. The van der Waals surface area contributed by atoms with Crippen LogP contribution in [0.25, 0.3) is 0 Å². The fourth-order valence-corrected chi connectivity index (χ4v) is 2.82. The van der Waals surface area contributed by atoms with Gasteiger partial charge in [0.25, 0.3) is 0 Å². The van der Waals surface area contributed by atoms with Gasteiger partial charge in [-0.25, -0.2) is 0 Å². The lowest BCUT2D eigenvalue weighted by molar-refractivity contribution is -0.124. The highest BCUT2D eigenvalue weighted by atomic mass is 16.5. The van der Waals surface area contributed by atoms with E-state index in [1.165, 1.54) is 6.42 Å². The molecule has 1 saturated carbocycles. The molecular weight excluding hydrogens is 230 g/mol. The van der Waals surface area contributed by atoms with Crippen molar-refractivity contribution in [3.63, 3.8) is 0 Å². The van der Waals surface area contributed by atoms with E-state index in [0.29, 0.717) is 6.54 Å². The smallest absolute Gasteiger partial charge is 0.239 e. The van der Waals surface area contributed by atoms with Crippen LogP contribution < -0.4 is 11.5 Å². The van der Waals surface area contributed by atoms with Gasteiger partial charge in [0.1, 0.15) is 5.54 Å². The maximum absolute atomic E-state index is 11.6. The summed E-state index contributed by atoms with van der Waals surface area (Å²) in [7, 11) is 1.99. The molecule has 1 heterocycles. The first kappa shape index (κ1) is 13.8. The van der Waals surface area contributed by atoms with Gasteiger partial charge in [0, 0.05) is 19.7 Å². The molecular formula is C13H25N3O2. The second-order valence-electron chi connectivity index (χ2n) is 5.86. The molecule has 0 aromatic rings. The Labute approximate surface area is 109 Å².